The van der Waals surface area contributed by atoms with E-state index in [1.807, 2.05) is 38.1 Å². The summed E-state index contributed by atoms with van der Waals surface area (Å²) in [6, 6.07) is 12.0. The van der Waals surface area contributed by atoms with Crippen molar-refractivity contribution in [2.24, 2.45) is 0 Å². The molecule has 2 aromatic heterocycles. The standard InChI is InChI=1S/C18H18N4O/c1-13-14(2)20-17(10-16(13)15-6-4-3-5-7-15)21-18(23)11-22-9-8-19-12-22/h3-10,12H,11H2,1-2H3,(H,20,21,23). The van der Waals surface area contributed by atoms with Gasteiger partial charge in [-0.15, -0.1) is 0 Å². The van der Waals surface area contributed by atoms with Crippen LogP contribution >= 0.6 is 0 Å². The molecule has 0 fully saturated rings. The number of carbonyl (C=O) groups excluding carboxylic acids is 1. The molecule has 0 aliphatic rings. The number of nitrogens with zero attached hydrogens (tertiary/aromatic N) is 3. The number of carbonyl (C=O) groups is 1. The number of hydrogen-bond acceptors (Lipinski definition) is 3. The number of imidazole rings is 1. The van der Waals surface area contributed by atoms with E-state index in [1.165, 1.54) is 0 Å². The summed E-state index contributed by atoms with van der Waals surface area (Å²) in [5, 5.41) is 2.86. The molecule has 116 valence electrons. The SMILES string of the molecule is Cc1nc(NC(=O)Cn2ccnc2)cc(-c2ccccc2)c1C. The summed E-state index contributed by atoms with van der Waals surface area (Å²) >= 11 is 0. The van der Waals surface area contributed by atoms with Gasteiger partial charge in [-0.2, -0.15) is 0 Å². The Hall–Kier alpha value is -2.95. The lowest BCUT2D eigenvalue weighted by Gasteiger charge is -2.12. The second kappa shape index (κ2) is 6.44. The van der Waals surface area contributed by atoms with Gasteiger partial charge in [0.1, 0.15) is 12.4 Å². The molecule has 0 aliphatic carbocycles. The van der Waals surface area contributed by atoms with Crippen molar-refractivity contribution in [2.75, 3.05) is 5.32 Å². The van der Waals surface area contributed by atoms with Crippen LogP contribution < -0.4 is 5.32 Å². The number of nitrogens with one attached hydrogen (secondary N) is 1. The first-order valence-corrected chi connectivity index (χ1v) is 7.43. The highest BCUT2D eigenvalue weighted by molar-refractivity contribution is 5.90. The van der Waals surface area contributed by atoms with Crippen LogP contribution in [-0.4, -0.2) is 20.4 Å². The fourth-order valence-corrected chi connectivity index (χ4v) is 2.45. The van der Waals surface area contributed by atoms with Gasteiger partial charge in [0, 0.05) is 18.1 Å². The van der Waals surface area contributed by atoms with Crippen molar-refractivity contribution in [2.45, 2.75) is 20.4 Å². The van der Waals surface area contributed by atoms with Gasteiger partial charge in [-0.3, -0.25) is 4.79 Å². The van der Waals surface area contributed by atoms with Gasteiger partial charge in [0.2, 0.25) is 5.91 Å². The van der Waals surface area contributed by atoms with E-state index in [0.29, 0.717) is 5.82 Å². The molecule has 3 aromatic rings. The number of rotatable bonds is 4. The number of aryl methyl sites for hydroxylation is 1. The minimum Gasteiger partial charge on any atom is -0.328 e. The van der Waals surface area contributed by atoms with Gasteiger partial charge in [-0.1, -0.05) is 30.3 Å². The van der Waals surface area contributed by atoms with E-state index >= 15 is 0 Å². The monoisotopic (exact) mass is 306 g/mol. The van der Waals surface area contributed by atoms with Crippen LogP contribution in [0.2, 0.25) is 0 Å². The third kappa shape index (κ3) is 3.45. The summed E-state index contributed by atoms with van der Waals surface area (Å²) in [6.45, 7) is 4.21. The Morgan fingerprint density at radius 1 is 1.22 bits per heavy atom. The summed E-state index contributed by atoms with van der Waals surface area (Å²) in [5.74, 6) is 0.440. The van der Waals surface area contributed by atoms with Crippen LogP contribution in [0.5, 0.6) is 0 Å². The number of pyridine rings is 1. The number of hydrogen-bond donors (Lipinski definition) is 1. The summed E-state index contributed by atoms with van der Waals surface area (Å²) < 4.78 is 1.72. The van der Waals surface area contributed by atoms with E-state index in [2.05, 4.69) is 27.4 Å². The predicted molar refractivity (Wildman–Crippen MR) is 90.0 cm³/mol. The minimum absolute atomic E-state index is 0.127. The molecule has 0 atom stereocenters. The zero-order chi connectivity index (χ0) is 16.2. The largest absolute Gasteiger partial charge is 0.328 e. The van der Waals surface area contributed by atoms with Crippen molar-refractivity contribution in [3.63, 3.8) is 0 Å². The van der Waals surface area contributed by atoms with Crippen molar-refractivity contribution < 1.29 is 4.79 Å². The zero-order valence-corrected chi connectivity index (χ0v) is 13.2. The Kier molecular flexibility index (Phi) is 4.19. The highest BCUT2D eigenvalue weighted by atomic mass is 16.2. The number of amides is 1. The maximum Gasteiger partial charge on any atom is 0.245 e. The first kappa shape index (κ1) is 15.0. The average Bonchev–Trinajstić information content (AvgIpc) is 3.04. The Bertz CT molecular complexity index is 811. The molecule has 23 heavy (non-hydrogen) atoms. The molecule has 5 heteroatoms. The fourth-order valence-electron chi connectivity index (χ4n) is 2.45. The molecule has 0 saturated carbocycles. The smallest absolute Gasteiger partial charge is 0.245 e. The van der Waals surface area contributed by atoms with Crippen LogP contribution in [0.4, 0.5) is 5.82 Å². The van der Waals surface area contributed by atoms with Gasteiger partial charge in [-0.05, 0) is 36.6 Å². The molecule has 0 radical (unpaired) electrons. The summed E-state index contributed by atoms with van der Waals surface area (Å²) in [6.07, 6.45) is 5.01. The van der Waals surface area contributed by atoms with Crippen molar-refractivity contribution in [1.82, 2.24) is 14.5 Å². The number of aromatic nitrogens is 3. The van der Waals surface area contributed by atoms with E-state index in [4.69, 9.17) is 0 Å². The molecular formula is C18H18N4O. The Morgan fingerprint density at radius 2 is 2.00 bits per heavy atom. The summed E-state index contributed by atoms with van der Waals surface area (Å²) in [7, 11) is 0. The molecule has 0 bridgehead atoms. The third-order valence-electron chi connectivity index (χ3n) is 3.75. The highest BCUT2D eigenvalue weighted by Gasteiger charge is 2.10. The molecule has 2 heterocycles. The molecular weight excluding hydrogens is 288 g/mol. The van der Waals surface area contributed by atoms with E-state index < -0.39 is 0 Å². The van der Waals surface area contributed by atoms with Gasteiger partial charge in [0.05, 0.1) is 6.33 Å². The second-order valence-electron chi connectivity index (χ2n) is 5.41. The molecule has 1 N–H and O–H groups in total. The van der Waals surface area contributed by atoms with Crippen LogP contribution in [0, 0.1) is 13.8 Å². The maximum absolute atomic E-state index is 12.1. The van der Waals surface area contributed by atoms with Gasteiger partial charge in [0.15, 0.2) is 0 Å². The van der Waals surface area contributed by atoms with Crippen molar-refractivity contribution >= 4 is 11.7 Å². The molecule has 1 aromatic carbocycles. The quantitative estimate of drug-likeness (QED) is 0.805. The molecule has 0 aliphatic heterocycles. The van der Waals surface area contributed by atoms with Gasteiger partial charge >= 0.3 is 0 Å². The Labute approximate surface area is 135 Å². The molecule has 3 rings (SSSR count). The van der Waals surface area contributed by atoms with Crippen LogP contribution in [-0.2, 0) is 11.3 Å². The maximum atomic E-state index is 12.1. The lowest BCUT2D eigenvalue weighted by molar-refractivity contribution is -0.116. The van der Waals surface area contributed by atoms with Gasteiger partial charge in [-0.25, -0.2) is 9.97 Å². The number of benzene rings is 1. The highest BCUT2D eigenvalue weighted by Crippen LogP contribution is 2.27. The van der Waals surface area contributed by atoms with Crippen LogP contribution in [0.15, 0.2) is 55.1 Å². The van der Waals surface area contributed by atoms with Crippen LogP contribution in [0.3, 0.4) is 0 Å². The van der Waals surface area contributed by atoms with Crippen molar-refractivity contribution in [3.8, 4) is 11.1 Å². The van der Waals surface area contributed by atoms with E-state index in [-0.39, 0.29) is 12.5 Å². The topological polar surface area (TPSA) is 59.8 Å². The number of anilines is 1. The first-order valence-electron chi connectivity index (χ1n) is 7.43. The molecule has 1 amide bonds. The molecule has 0 unspecified atom stereocenters. The zero-order valence-electron chi connectivity index (χ0n) is 13.2. The summed E-state index contributed by atoms with van der Waals surface area (Å²) in [5.41, 5.74) is 4.21. The van der Waals surface area contributed by atoms with Gasteiger partial charge < -0.3 is 9.88 Å². The second-order valence-corrected chi connectivity index (χ2v) is 5.41. The van der Waals surface area contributed by atoms with Crippen LogP contribution in [0.1, 0.15) is 11.3 Å². The Morgan fingerprint density at radius 3 is 2.70 bits per heavy atom. The Balaban J connectivity index is 1.86. The molecule has 0 saturated heterocycles. The minimum atomic E-state index is -0.127. The normalized spacial score (nSPS) is 10.5. The van der Waals surface area contributed by atoms with E-state index in [0.717, 1.165) is 22.4 Å². The average molecular weight is 306 g/mol. The molecule has 0 spiro atoms. The lowest BCUT2D eigenvalue weighted by Crippen LogP contribution is -2.19. The fraction of sp³-hybridized carbons (Fsp3) is 0.167. The van der Waals surface area contributed by atoms with Crippen molar-refractivity contribution in [1.29, 1.82) is 0 Å². The molecule has 5 nitrogen and oxygen atoms in total. The summed E-state index contributed by atoms with van der Waals surface area (Å²) in [4.78, 5) is 20.5. The lowest BCUT2D eigenvalue weighted by atomic mass is 10.0. The van der Waals surface area contributed by atoms with Crippen LogP contribution in [0.25, 0.3) is 11.1 Å². The van der Waals surface area contributed by atoms with E-state index in [9.17, 15) is 4.79 Å². The van der Waals surface area contributed by atoms with Gasteiger partial charge in [0.25, 0.3) is 0 Å². The third-order valence-corrected chi connectivity index (χ3v) is 3.75. The van der Waals surface area contributed by atoms with Crippen molar-refractivity contribution in [3.05, 3.63) is 66.4 Å². The van der Waals surface area contributed by atoms with E-state index in [1.54, 1.807) is 23.3 Å². The first-order chi connectivity index (χ1) is 11.1. The predicted octanol–water partition coefficient (Wildman–Crippen LogP) is 3.20.